The maximum absolute atomic E-state index is 12.3. The van der Waals surface area contributed by atoms with E-state index < -0.39 is 11.7 Å². The maximum atomic E-state index is 12.3. The molecule has 32 heavy (non-hydrogen) atoms. The van der Waals surface area contributed by atoms with Crippen molar-refractivity contribution in [2.75, 3.05) is 24.9 Å². The molecule has 2 aromatic carbocycles. The first-order valence-corrected chi connectivity index (χ1v) is 9.70. The van der Waals surface area contributed by atoms with Gasteiger partial charge in [-0.25, -0.2) is 4.79 Å². The quantitative estimate of drug-likeness (QED) is 0.481. The number of phenolic OH excluding ortho intramolecular Hbond substituents is 1. The van der Waals surface area contributed by atoms with Gasteiger partial charge in [-0.3, -0.25) is 10.3 Å². The Bertz CT molecular complexity index is 1210. The van der Waals surface area contributed by atoms with E-state index in [0.29, 0.717) is 33.8 Å². The number of pyridine rings is 1. The van der Waals surface area contributed by atoms with Gasteiger partial charge >= 0.3 is 6.09 Å². The van der Waals surface area contributed by atoms with Crippen molar-refractivity contribution in [1.82, 2.24) is 4.98 Å². The smallest absolute Gasteiger partial charge is 0.412 e. The summed E-state index contributed by atoms with van der Waals surface area (Å²) in [5, 5.41) is 26.3. The Morgan fingerprint density at radius 3 is 2.44 bits per heavy atom. The zero-order valence-corrected chi connectivity index (χ0v) is 18.4. The van der Waals surface area contributed by atoms with E-state index in [0.717, 1.165) is 0 Å². The minimum Gasteiger partial charge on any atom is -0.506 e. The van der Waals surface area contributed by atoms with Crippen LogP contribution >= 0.6 is 0 Å². The number of nitrogens with one attached hydrogen (secondary N) is 2. The number of nitrogens with zero attached hydrogens (tertiary/aromatic N) is 2. The molecule has 0 saturated carbocycles. The number of para-hydroxylation sites is 1. The fourth-order valence-corrected chi connectivity index (χ4v) is 3.05. The highest BCUT2D eigenvalue weighted by Gasteiger charge is 2.20. The number of hydrogen-bond donors (Lipinski definition) is 3. The van der Waals surface area contributed by atoms with E-state index in [2.05, 4.69) is 21.7 Å². The first-order chi connectivity index (χ1) is 15.2. The Labute approximate surface area is 185 Å². The van der Waals surface area contributed by atoms with E-state index in [1.54, 1.807) is 45.0 Å². The van der Waals surface area contributed by atoms with E-state index in [4.69, 9.17) is 14.2 Å². The Hall–Kier alpha value is -4.19. The third-order valence-electron chi connectivity index (χ3n) is 4.42. The monoisotopic (exact) mass is 436 g/mol. The van der Waals surface area contributed by atoms with Gasteiger partial charge in [0, 0.05) is 17.6 Å². The minimum atomic E-state index is -0.728. The van der Waals surface area contributed by atoms with Gasteiger partial charge in [0.2, 0.25) is 0 Å². The van der Waals surface area contributed by atoms with E-state index >= 15 is 0 Å². The van der Waals surface area contributed by atoms with Gasteiger partial charge in [-0.15, -0.1) is 0 Å². The van der Waals surface area contributed by atoms with E-state index in [9.17, 15) is 15.2 Å². The fraction of sp³-hybridized carbons (Fsp3) is 0.261. The lowest BCUT2D eigenvalue weighted by Crippen LogP contribution is -2.27. The van der Waals surface area contributed by atoms with Crippen LogP contribution in [0.15, 0.2) is 36.5 Å². The zero-order chi connectivity index (χ0) is 23.5. The van der Waals surface area contributed by atoms with Gasteiger partial charge in [-0.1, -0.05) is 6.07 Å². The first kappa shape index (κ1) is 22.5. The van der Waals surface area contributed by atoms with E-state index in [1.165, 1.54) is 26.5 Å². The van der Waals surface area contributed by atoms with Crippen LogP contribution in [0.2, 0.25) is 0 Å². The second-order valence-electron chi connectivity index (χ2n) is 7.83. The lowest BCUT2D eigenvalue weighted by Gasteiger charge is -2.21. The van der Waals surface area contributed by atoms with Crippen LogP contribution in [0.4, 0.5) is 21.9 Å². The Kier molecular flexibility index (Phi) is 6.25. The Morgan fingerprint density at radius 2 is 1.81 bits per heavy atom. The van der Waals surface area contributed by atoms with Crippen LogP contribution in [-0.4, -0.2) is 36.0 Å². The molecule has 0 bridgehead atoms. The summed E-state index contributed by atoms with van der Waals surface area (Å²) >= 11 is 0. The third-order valence-corrected chi connectivity index (χ3v) is 4.42. The van der Waals surface area contributed by atoms with E-state index in [1.807, 2.05) is 0 Å². The number of anilines is 3. The highest BCUT2D eigenvalue weighted by Crippen LogP contribution is 2.39. The lowest BCUT2D eigenvalue weighted by molar-refractivity contribution is 0.0635. The molecule has 0 spiro atoms. The summed E-state index contributed by atoms with van der Waals surface area (Å²) in [6.07, 6.45) is 0.703. The molecule has 0 fully saturated rings. The molecular weight excluding hydrogens is 412 g/mol. The number of aromatic hydroxyl groups is 1. The maximum Gasteiger partial charge on any atom is 0.412 e. The van der Waals surface area contributed by atoms with Gasteiger partial charge in [-0.05, 0) is 39.0 Å². The number of rotatable bonds is 5. The molecule has 1 aromatic heterocycles. The summed E-state index contributed by atoms with van der Waals surface area (Å²) in [6, 6.07) is 10.2. The van der Waals surface area contributed by atoms with Crippen molar-refractivity contribution in [1.29, 1.82) is 5.26 Å². The SMILES string of the molecule is COc1cc2ncc(C#N)c(Nc3cccc(O)c3NC(=O)OC(C)(C)C)c2cc1OC. The second kappa shape index (κ2) is 8.89. The summed E-state index contributed by atoms with van der Waals surface area (Å²) < 4.78 is 16.0. The van der Waals surface area contributed by atoms with Crippen LogP contribution in [0.3, 0.4) is 0 Å². The van der Waals surface area contributed by atoms with Gasteiger partial charge in [0.1, 0.15) is 23.1 Å². The number of ether oxygens (including phenoxy) is 3. The molecule has 0 saturated heterocycles. The van der Waals surface area contributed by atoms with Gasteiger partial charge in [0.15, 0.2) is 11.5 Å². The summed E-state index contributed by atoms with van der Waals surface area (Å²) in [4.78, 5) is 16.6. The molecular formula is C23H24N4O5. The first-order valence-electron chi connectivity index (χ1n) is 9.70. The fourth-order valence-electron chi connectivity index (χ4n) is 3.05. The largest absolute Gasteiger partial charge is 0.506 e. The van der Waals surface area contributed by atoms with Crippen LogP contribution in [0.25, 0.3) is 10.9 Å². The molecule has 1 heterocycles. The Morgan fingerprint density at radius 1 is 1.12 bits per heavy atom. The number of nitriles is 1. The number of hydrogen-bond acceptors (Lipinski definition) is 8. The van der Waals surface area contributed by atoms with Crippen molar-refractivity contribution >= 4 is 34.1 Å². The summed E-state index contributed by atoms with van der Waals surface area (Å²) in [5.74, 6) is 0.785. The van der Waals surface area contributed by atoms with Gasteiger partial charge in [0.25, 0.3) is 0 Å². The molecule has 9 nitrogen and oxygen atoms in total. The Balaban J connectivity index is 2.11. The van der Waals surface area contributed by atoms with Crippen LogP contribution in [0.1, 0.15) is 26.3 Å². The molecule has 0 aliphatic heterocycles. The topological polar surface area (TPSA) is 126 Å². The molecule has 166 valence electrons. The highest BCUT2D eigenvalue weighted by molar-refractivity contribution is 6.00. The van der Waals surface area contributed by atoms with Crippen LogP contribution in [-0.2, 0) is 4.74 Å². The minimum absolute atomic E-state index is 0.107. The van der Waals surface area contributed by atoms with Crippen molar-refractivity contribution < 1.29 is 24.1 Å². The normalized spacial score (nSPS) is 10.9. The van der Waals surface area contributed by atoms with Crippen molar-refractivity contribution in [3.8, 4) is 23.3 Å². The molecule has 9 heteroatoms. The summed E-state index contributed by atoms with van der Waals surface area (Å²) in [7, 11) is 3.03. The van der Waals surface area contributed by atoms with Crippen molar-refractivity contribution in [3.63, 3.8) is 0 Å². The summed E-state index contributed by atoms with van der Waals surface area (Å²) in [5.41, 5.74) is 0.997. The molecule has 1 amide bonds. The van der Waals surface area contributed by atoms with Crippen molar-refractivity contribution in [2.24, 2.45) is 0 Å². The van der Waals surface area contributed by atoms with Crippen molar-refractivity contribution in [2.45, 2.75) is 26.4 Å². The standard InChI is InChI=1S/C23H24N4O5/c1-23(2,3)32-22(29)27-21-15(7-6-8-17(21)28)26-20-13(11-24)12-25-16-10-19(31-5)18(30-4)9-14(16)20/h6-10,12,28H,1-5H3,(H,25,26)(H,27,29). The molecule has 0 radical (unpaired) electrons. The van der Waals surface area contributed by atoms with Crippen LogP contribution < -0.4 is 20.1 Å². The number of methoxy groups -OCH3 is 2. The summed E-state index contributed by atoms with van der Waals surface area (Å²) in [6.45, 7) is 5.21. The molecule has 0 aliphatic rings. The number of phenols is 1. The second-order valence-corrected chi connectivity index (χ2v) is 7.83. The number of fused-ring (bicyclic) bond motifs is 1. The number of aromatic nitrogens is 1. The predicted molar refractivity (Wildman–Crippen MR) is 121 cm³/mol. The lowest BCUT2D eigenvalue weighted by atomic mass is 10.1. The van der Waals surface area contributed by atoms with E-state index in [-0.39, 0.29) is 17.0 Å². The average molecular weight is 436 g/mol. The van der Waals surface area contributed by atoms with Crippen LogP contribution in [0.5, 0.6) is 17.2 Å². The molecule has 3 aromatic rings. The number of carbonyl (C=O) groups excluding carboxylic acids is 1. The predicted octanol–water partition coefficient (Wildman–Crippen LogP) is 4.92. The average Bonchev–Trinajstić information content (AvgIpc) is 2.74. The van der Waals surface area contributed by atoms with Gasteiger partial charge < -0.3 is 24.6 Å². The molecule has 0 aliphatic carbocycles. The van der Waals surface area contributed by atoms with Crippen LogP contribution in [0, 0.1) is 11.3 Å². The number of benzene rings is 2. The van der Waals surface area contributed by atoms with Gasteiger partial charge in [0.05, 0.1) is 36.7 Å². The molecule has 0 unspecified atom stereocenters. The molecule has 3 N–H and O–H groups in total. The molecule has 0 atom stereocenters. The van der Waals surface area contributed by atoms with Crippen molar-refractivity contribution in [3.05, 3.63) is 42.1 Å². The third kappa shape index (κ3) is 4.75. The molecule has 3 rings (SSSR count). The number of carbonyl (C=O) groups is 1. The number of amides is 1. The zero-order valence-electron chi connectivity index (χ0n) is 18.4. The van der Waals surface area contributed by atoms with Gasteiger partial charge in [-0.2, -0.15) is 5.26 Å². The highest BCUT2D eigenvalue weighted by atomic mass is 16.6.